The fourth-order valence-electron chi connectivity index (χ4n) is 2.06. The van der Waals surface area contributed by atoms with E-state index in [0.717, 1.165) is 0 Å². The van der Waals surface area contributed by atoms with Crippen LogP contribution in [0.1, 0.15) is 34.6 Å². The van der Waals surface area contributed by atoms with Crippen molar-refractivity contribution in [2.24, 2.45) is 0 Å². The van der Waals surface area contributed by atoms with Gasteiger partial charge in [-0.15, -0.1) is 0 Å². The molecule has 0 saturated heterocycles. The van der Waals surface area contributed by atoms with Crippen LogP contribution in [-0.2, 0) is 0 Å². The number of anilines is 1. The lowest BCUT2D eigenvalue weighted by molar-refractivity contribution is 0.0941. The molecule has 0 aliphatic heterocycles. The van der Waals surface area contributed by atoms with E-state index in [1.165, 1.54) is 12.1 Å². The topological polar surface area (TPSA) is 70.2 Å². The van der Waals surface area contributed by atoms with Gasteiger partial charge in [0.1, 0.15) is 0 Å². The quantitative estimate of drug-likeness (QED) is 0.659. The Labute approximate surface area is 167 Å². The minimum absolute atomic E-state index is 0.0581. The molecule has 3 N–H and O–H groups in total. The van der Waals surface area contributed by atoms with Gasteiger partial charge in [-0.3, -0.25) is 14.9 Å². The summed E-state index contributed by atoms with van der Waals surface area (Å²) in [5, 5.41) is 9.02. The van der Waals surface area contributed by atoms with Crippen LogP contribution < -0.4 is 16.0 Å². The van der Waals surface area contributed by atoms with E-state index in [2.05, 4.69) is 16.0 Å². The highest BCUT2D eigenvalue weighted by Gasteiger charge is 2.12. The molecule has 0 aliphatic carbocycles. The zero-order valence-corrected chi connectivity index (χ0v) is 16.4. The third kappa shape index (κ3) is 5.69. The van der Waals surface area contributed by atoms with Crippen LogP contribution in [0.25, 0.3) is 0 Å². The second-order valence-corrected chi connectivity index (χ2v) is 6.99. The molecule has 8 heteroatoms. The number of rotatable bonds is 4. The predicted octanol–water partition coefficient (Wildman–Crippen LogP) is 4.26. The molecule has 2 rings (SSSR count). The Kier molecular flexibility index (Phi) is 6.97. The van der Waals surface area contributed by atoms with Gasteiger partial charge in [-0.05, 0) is 68.5 Å². The first-order valence-electron chi connectivity index (χ1n) is 7.74. The molecule has 2 amide bonds. The van der Waals surface area contributed by atoms with Crippen molar-refractivity contribution in [2.75, 3.05) is 5.32 Å². The Bertz CT molecular complexity index is 839. The molecule has 2 aromatic carbocycles. The molecule has 0 aliphatic rings. The Morgan fingerprint density at radius 2 is 1.65 bits per heavy atom. The number of benzene rings is 2. The van der Waals surface area contributed by atoms with E-state index in [1.807, 2.05) is 13.8 Å². The van der Waals surface area contributed by atoms with Crippen molar-refractivity contribution < 1.29 is 9.59 Å². The van der Waals surface area contributed by atoms with E-state index in [0.29, 0.717) is 16.3 Å². The lowest BCUT2D eigenvalue weighted by Crippen LogP contribution is -2.34. The fourth-order valence-corrected chi connectivity index (χ4v) is 2.76. The standard InChI is InChI=1S/C18H17Cl2N3O2S/c1-10(2)21-16(24)11-3-6-13(7-4-11)22-18(26)23-17(25)14-8-5-12(19)9-15(14)20/h3-10H,1-2H3,(H,21,24)(H2,22,23,25,26). The summed E-state index contributed by atoms with van der Waals surface area (Å²) in [5.74, 6) is -0.600. The number of hydrogen-bond donors (Lipinski definition) is 3. The maximum absolute atomic E-state index is 12.2. The molecule has 0 heterocycles. The van der Waals surface area contributed by atoms with Crippen LogP contribution in [0.15, 0.2) is 42.5 Å². The summed E-state index contributed by atoms with van der Waals surface area (Å²) in [6.45, 7) is 3.78. The number of nitrogens with one attached hydrogen (secondary N) is 3. The predicted molar refractivity (Wildman–Crippen MR) is 109 cm³/mol. The van der Waals surface area contributed by atoms with Crippen LogP contribution in [0.3, 0.4) is 0 Å². The van der Waals surface area contributed by atoms with Crippen molar-refractivity contribution in [1.29, 1.82) is 0 Å². The van der Waals surface area contributed by atoms with Crippen molar-refractivity contribution in [2.45, 2.75) is 19.9 Å². The van der Waals surface area contributed by atoms with Crippen LogP contribution in [-0.4, -0.2) is 23.0 Å². The minimum atomic E-state index is -0.447. The van der Waals surface area contributed by atoms with Gasteiger partial charge in [0.2, 0.25) is 0 Å². The molecule has 0 bridgehead atoms. The summed E-state index contributed by atoms with van der Waals surface area (Å²) in [6, 6.07) is 11.4. The van der Waals surface area contributed by atoms with Crippen LogP contribution in [0.2, 0.25) is 10.0 Å². The minimum Gasteiger partial charge on any atom is -0.350 e. The highest BCUT2D eigenvalue weighted by Crippen LogP contribution is 2.20. The van der Waals surface area contributed by atoms with Crippen molar-refractivity contribution in [3.05, 3.63) is 63.6 Å². The normalized spacial score (nSPS) is 10.3. The molecule has 0 spiro atoms. The van der Waals surface area contributed by atoms with Crippen LogP contribution in [0, 0.1) is 0 Å². The number of hydrogen-bond acceptors (Lipinski definition) is 3. The maximum Gasteiger partial charge on any atom is 0.258 e. The van der Waals surface area contributed by atoms with E-state index in [9.17, 15) is 9.59 Å². The van der Waals surface area contributed by atoms with Gasteiger partial charge in [-0.25, -0.2) is 0 Å². The largest absolute Gasteiger partial charge is 0.350 e. The molecule has 0 fully saturated rings. The van der Waals surface area contributed by atoms with Crippen molar-refractivity contribution in [3.63, 3.8) is 0 Å². The van der Waals surface area contributed by atoms with Gasteiger partial charge >= 0.3 is 0 Å². The number of carbonyl (C=O) groups is 2. The molecular formula is C18H17Cl2N3O2S. The molecule has 2 aromatic rings. The van der Waals surface area contributed by atoms with E-state index in [4.69, 9.17) is 35.4 Å². The third-order valence-electron chi connectivity index (χ3n) is 3.23. The van der Waals surface area contributed by atoms with E-state index >= 15 is 0 Å². The van der Waals surface area contributed by atoms with Gasteiger partial charge in [0.05, 0.1) is 10.6 Å². The molecule has 0 aromatic heterocycles. The van der Waals surface area contributed by atoms with Crippen molar-refractivity contribution in [1.82, 2.24) is 10.6 Å². The first kappa shape index (κ1) is 20.2. The summed E-state index contributed by atoms with van der Waals surface area (Å²) >= 11 is 17.0. The van der Waals surface area contributed by atoms with E-state index < -0.39 is 5.91 Å². The summed E-state index contributed by atoms with van der Waals surface area (Å²) in [7, 11) is 0. The molecule has 0 saturated carbocycles. The molecule has 136 valence electrons. The van der Waals surface area contributed by atoms with Gasteiger partial charge in [0, 0.05) is 22.3 Å². The number of thiocarbonyl (C=S) groups is 1. The van der Waals surface area contributed by atoms with Gasteiger partial charge < -0.3 is 10.6 Å². The summed E-state index contributed by atoms with van der Waals surface area (Å²) in [6.07, 6.45) is 0. The third-order valence-corrected chi connectivity index (χ3v) is 3.98. The Morgan fingerprint density at radius 1 is 1.00 bits per heavy atom. The highest BCUT2D eigenvalue weighted by atomic mass is 35.5. The van der Waals surface area contributed by atoms with Gasteiger partial charge in [0.15, 0.2) is 5.11 Å². The van der Waals surface area contributed by atoms with Crippen LogP contribution >= 0.6 is 35.4 Å². The molecule has 0 radical (unpaired) electrons. The van der Waals surface area contributed by atoms with Crippen molar-refractivity contribution in [3.8, 4) is 0 Å². The van der Waals surface area contributed by atoms with E-state index in [1.54, 1.807) is 30.3 Å². The summed E-state index contributed by atoms with van der Waals surface area (Å²) in [5.41, 5.74) is 1.44. The molecule has 26 heavy (non-hydrogen) atoms. The number of halogens is 2. The Balaban J connectivity index is 1.97. The molecular weight excluding hydrogens is 393 g/mol. The fraction of sp³-hybridized carbons (Fsp3) is 0.167. The number of carbonyl (C=O) groups excluding carboxylic acids is 2. The molecule has 0 unspecified atom stereocenters. The molecule has 5 nitrogen and oxygen atoms in total. The second-order valence-electron chi connectivity index (χ2n) is 5.74. The molecule has 0 atom stereocenters. The average Bonchev–Trinajstić information content (AvgIpc) is 2.54. The lowest BCUT2D eigenvalue weighted by Gasteiger charge is -2.12. The van der Waals surface area contributed by atoms with Crippen LogP contribution in [0.5, 0.6) is 0 Å². The first-order valence-corrected chi connectivity index (χ1v) is 8.91. The van der Waals surface area contributed by atoms with E-state index in [-0.39, 0.29) is 27.6 Å². The lowest BCUT2D eigenvalue weighted by atomic mass is 10.2. The first-order chi connectivity index (χ1) is 12.3. The number of amides is 2. The highest BCUT2D eigenvalue weighted by molar-refractivity contribution is 7.80. The summed E-state index contributed by atoms with van der Waals surface area (Å²) < 4.78 is 0. The zero-order valence-electron chi connectivity index (χ0n) is 14.1. The second kappa shape index (κ2) is 8.98. The van der Waals surface area contributed by atoms with Crippen molar-refractivity contribution >= 4 is 58.0 Å². The SMILES string of the molecule is CC(C)NC(=O)c1ccc(NC(=S)NC(=O)c2ccc(Cl)cc2Cl)cc1. The van der Waals surface area contributed by atoms with Gasteiger partial charge in [-0.2, -0.15) is 0 Å². The maximum atomic E-state index is 12.2. The van der Waals surface area contributed by atoms with Gasteiger partial charge in [-0.1, -0.05) is 23.2 Å². The smallest absolute Gasteiger partial charge is 0.258 e. The van der Waals surface area contributed by atoms with Gasteiger partial charge in [0.25, 0.3) is 11.8 Å². The summed E-state index contributed by atoms with van der Waals surface area (Å²) in [4.78, 5) is 24.1. The average molecular weight is 410 g/mol. The Morgan fingerprint density at radius 3 is 2.23 bits per heavy atom. The van der Waals surface area contributed by atoms with Crippen LogP contribution in [0.4, 0.5) is 5.69 Å². The Hall–Kier alpha value is -2.15. The monoisotopic (exact) mass is 409 g/mol. The zero-order chi connectivity index (χ0) is 19.3.